The molecule has 104 valence electrons. The lowest BCUT2D eigenvalue weighted by atomic mass is 10.1. The zero-order chi connectivity index (χ0) is 14.2. The van der Waals surface area contributed by atoms with E-state index in [0.717, 1.165) is 29.7 Å². The fraction of sp³-hybridized carbons (Fsp3) is 0.286. The Morgan fingerprint density at radius 1 is 1.20 bits per heavy atom. The van der Waals surface area contributed by atoms with Gasteiger partial charge in [0.2, 0.25) is 0 Å². The minimum atomic E-state index is -3.52. The van der Waals surface area contributed by atoms with Crippen molar-refractivity contribution in [2.75, 3.05) is 0 Å². The molecule has 0 atom stereocenters. The summed E-state index contributed by atoms with van der Waals surface area (Å²) in [6.45, 7) is 1.90. The van der Waals surface area contributed by atoms with E-state index in [0.29, 0.717) is 0 Å². The van der Waals surface area contributed by atoms with Crippen LogP contribution in [0, 0.1) is 6.92 Å². The number of pyridine rings is 2. The highest BCUT2D eigenvalue weighted by Crippen LogP contribution is 2.25. The number of hydrogen-bond acceptors (Lipinski definition) is 4. The third kappa shape index (κ3) is 2.71. The first-order valence-electron chi connectivity index (χ1n) is 6.47. The Labute approximate surface area is 118 Å². The van der Waals surface area contributed by atoms with Crippen LogP contribution in [0.25, 0.3) is 11.1 Å². The number of nitrogens with one attached hydrogen (secondary N) is 1. The van der Waals surface area contributed by atoms with Gasteiger partial charge in [-0.25, -0.2) is 18.1 Å². The number of sulfonamides is 1. The summed E-state index contributed by atoms with van der Waals surface area (Å²) in [5.41, 5.74) is 2.58. The fourth-order valence-corrected chi connectivity index (χ4v) is 3.27. The highest BCUT2D eigenvalue weighted by atomic mass is 32.2. The predicted octanol–water partition coefficient (Wildman–Crippen LogP) is 1.89. The SMILES string of the molecule is Cc1ncccc1-c1ccnc(S(=O)(=O)NC2CC2)c1. The second kappa shape index (κ2) is 4.96. The van der Waals surface area contributed by atoms with Gasteiger partial charge in [-0.3, -0.25) is 4.98 Å². The van der Waals surface area contributed by atoms with Crippen LogP contribution in [0.4, 0.5) is 0 Å². The maximum Gasteiger partial charge on any atom is 0.258 e. The van der Waals surface area contributed by atoms with Gasteiger partial charge in [-0.1, -0.05) is 6.07 Å². The Kier molecular flexibility index (Phi) is 3.27. The molecule has 0 aromatic carbocycles. The number of aryl methyl sites for hydroxylation is 1. The van der Waals surface area contributed by atoms with Gasteiger partial charge in [-0.2, -0.15) is 0 Å². The smallest absolute Gasteiger partial charge is 0.258 e. The van der Waals surface area contributed by atoms with Crippen molar-refractivity contribution < 1.29 is 8.42 Å². The first-order valence-corrected chi connectivity index (χ1v) is 7.95. The second-order valence-corrected chi connectivity index (χ2v) is 6.58. The summed E-state index contributed by atoms with van der Waals surface area (Å²) in [6, 6.07) is 7.21. The van der Waals surface area contributed by atoms with Gasteiger partial charge in [0.05, 0.1) is 0 Å². The van der Waals surface area contributed by atoms with Crippen molar-refractivity contribution >= 4 is 10.0 Å². The van der Waals surface area contributed by atoms with Crippen LogP contribution >= 0.6 is 0 Å². The number of rotatable bonds is 4. The molecular formula is C14H15N3O2S. The van der Waals surface area contributed by atoms with Gasteiger partial charge in [0.25, 0.3) is 10.0 Å². The molecule has 0 saturated heterocycles. The van der Waals surface area contributed by atoms with Gasteiger partial charge in [0.1, 0.15) is 0 Å². The standard InChI is InChI=1S/C14H15N3O2S/c1-10-13(3-2-7-15-10)11-6-8-16-14(9-11)20(18,19)17-12-4-5-12/h2-3,6-9,12,17H,4-5H2,1H3. The summed E-state index contributed by atoms with van der Waals surface area (Å²) in [5.74, 6) is 0. The van der Waals surface area contributed by atoms with Crippen LogP contribution in [0.1, 0.15) is 18.5 Å². The van der Waals surface area contributed by atoms with Gasteiger partial charge in [0, 0.05) is 29.7 Å². The van der Waals surface area contributed by atoms with E-state index >= 15 is 0 Å². The summed E-state index contributed by atoms with van der Waals surface area (Å²) >= 11 is 0. The molecule has 0 aliphatic heterocycles. The molecule has 0 amide bonds. The summed E-state index contributed by atoms with van der Waals surface area (Å²) in [6.07, 6.45) is 5.04. The van der Waals surface area contributed by atoms with Crippen molar-refractivity contribution in [3.63, 3.8) is 0 Å². The number of aromatic nitrogens is 2. The van der Waals surface area contributed by atoms with Crippen LogP contribution in [-0.4, -0.2) is 24.4 Å². The van der Waals surface area contributed by atoms with Crippen molar-refractivity contribution in [2.24, 2.45) is 0 Å². The van der Waals surface area contributed by atoms with Crippen LogP contribution in [0.3, 0.4) is 0 Å². The normalized spacial score (nSPS) is 15.2. The van der Waals surface area contributed by atoms with Gasteiger partial charge in [-0.15, -0.1) is 0 Å². The van der Waals surface area contributed by atoms with Crippen molar-refractivity contribution in [1.29, 1.82) is 0 Å². The minimum Gasteiger partial charge on any atom is -0.261 e. The second-order valence-electron chi connectivity index (χ2n) is 4.91. The minimum absolute atomic E-state index is 0.0603. The maximum atomic E-state index is 12.2. The highest BCUT2D eigenvalue weighted by molar-refractivity contribution is 7.89. The molecule has 2 aromatic heterocycles. The molecule has 3 rings (SSSR count). The van der Waals surface area contributed by atoms with E-state index in [1.807, 2.05) is 19.1 Å². The Morgan fingerprint density at radius 2 is 2.00 bits per heavy atom. The Balaban J connectivity index is 1.99. The first kappa shape index (κ1) is 13.2. The molecule has 20 heavy (non-hydrogen) atoms. The number of hydrogen-bond donors (Lipinski definition) is 1. The summed E-state index contributed by atoms with van der Waals surface area (Å²) < 4.78 is 27.0. The number of nitrogens with zero attached hydrogens (tertiary/aromatic N) is 2. The largest absolute Gasteiger partial charge is 0.261 e. The first-order chi connectivity index (χ1) is 9.56. The van der Waals surface area contributed by atoms with Gasteiger partial charge in [-0.05, 0) is 43.5 Å². The monoisotopic (exact) mass is 289 g/mol. The molecular weight excluding hydrogens is 274 g/mol. The van der Waals surface area contributed by atoms with Crippen LogP contribution in [0.2, 0.25) is 0 Å². The van der Waals surface area contributed by atoms with Crippen molar-refractivity contribution in [3.8, 4) is 11.1 Å². The van der Waals surface area contributed by atoms with Crippen LogP contribution in [0.5, 0.6) is 0 Å². The summed E-state index contributed by atoms with van der Waals surface area (Å²) in [4.78, 5) is 8.20. The Hall–Kier alpha value is -1.79. The van der Waals surface area contributed by atoms with Crippen LogP contribution in [-0.2, 0) is 10.0 Å². The lowest BCUT2D eigenvalue weighted by molar-refractivity contribution is 0.577. The molecule has 6 heteroatoms. The molecule has 5 nitrogen and oxygen atoms in total. The van der Waals surface area contributed by atoms with Crippen molar-refractivity contribution in [2.45, 2.75) is 30.8 Å². The zero-order valence-electron chi connectivity index (χ0n) is 11.1. The molecule has 0 unspecified atom stereocenters. The van der Waals surface area contributed by atoms with E-state index < -0.39 is 10.0 Å². The lowest BCUT2D eigenvalue weighted by Gasteiger charge is -2.08. The molecule has 0 bridgehead atoms. The van der Waals surface area contributed by atoms with E-state index in [-0.39, 0.29) is 11.1 Å². The molecule has 1 aliphatic carbocycles. The molecule has 0 spiro atoms. The maximum absolute atomic E-state index is 12.2. The van der Waals surface area contributed by atoms with Gasteiger partial charge < -0.3 is 0 Å². The molecule has 0 radical (unpaired) electrons. The molecule has 1 aliphatic rings. The van der Waals surface area contributed by atoms with Crippen molar-refractivity contribution in [1.82, 2.24) is 14.7 Å². The van der Waals surface area contributed by atoms with E-state index in [9.17, 15) is 8.42 Å². The average molecular weight is 289 g/mol. The topological polar surface area (TPSA) is 72.0 Å². The Morgan fingerprint density at radius 3 is 2.70 bits per heavy atom. The van der Waals surface area contributed by atoms with E-state index in [4.69, 9.17) is 0 Å². The summed E-state index contributed by atoms with van der Waals surface area (Å²) in [5, 5.41) is 0.0603. The Bertz CT molecular complexity index is 740. The molecule has 2 aromatic rings. The van der Waals surface area contributed by atoms with E-state index in [1.54, 1.807) is 18.3 Å². The highest BCUT2D eigenvalue weighted by Gasteiger charge is 2.28. The van der Waals surface area contributed by atoms with E-state index in [1.165, 1.54) is 6.20 Å². The molecule has 1 saturated carbocycles. The fourth-order valence-electron chi connectivity index (χ4n) is 1.99. The predicted molar refractivity (Wildman–Crippen MR) is 75.5 cm³/mol. The van der Waals surface area contributed by atoms with Gasteiger partial charge in [0.15, 0.2) is 5.03 Å². The van der Waals surface area contributed by atoms with Gasteiger partial charge >= 0.3 is 0 Å². The molecule has 2 heterocycles. The third-order valence-electron chi connectivity index (χ3n) is 3.23. The lowest BCUT2D eigenvalue weighted by Crippen LogP contribution is -2.26. The third-order valence-corrected chi connectivity index (χ3v) is 4.64. The zero-order valence-corrected chi connectivity index (χ0v) is 11.9. The van der Waals surface area contributed by atoms with Crippen LogP contribution < -0.4 is 4.72 Å². The average Bonchev–Trinajstić information content (AvgIpc) is 3.23. The summed E-state index contributed by atoms with van der Waals surface area (Å²) in [7, 11) is -3.52. The quantitative estimate of drug-likeness (QED) is 0.933. The van der Waals surface area contributed by atoms with Crippen molar-refractivity contribution in [3.05, 3.63) is 42.4 Å². The van der Waals surface area contributed by atoms with E-state index in [2.05, 4.69) is 14.7 Å². The molecule has 1 fully saturated rings. The molecule has 1 N–H and O–H groups in total. The van der Waals surface area contributed by atoms with Crippen LogP contribution in [0.15, 0.2) is 41.7 Å².